The lowest BCUT2D eigenvalue weighted by atomic mass is 9.98. The number of aromatic nitrogens is 2. The van der Waals surface area contributed by atoms with E-state index in [2.05, 4.69) is 15.3 Å². The summed E-state index contributed by atoms with van der Waals surface area (Å²) in [7, 11) is 0. The zero-order valence-corrected chi connectivity index (χ0v) is 13.8. The Morgan fingerprint density at radius 3 is 2.88 bits per heavy atom. The van der Waals surface area contributed by atoms with Crippen LogP contribution >= 0.6 is 11.6 Å². The van der Waals surface area contributed by atoms with Crippen LogP contribution in [0.25, 0.3) is 21.9 Å². The molecule has 0 radical (unpaired) electrons. The van der Waals surface area contributed by atoms with Crippen molar-refractivity contribution in [3.8, 4) is 17.0 Å². The molecule has 6 nitrogen and oxygen atoms in total. The van der Waals surface area contributed by atoms with Crippen LogP contribution in [0.2, 0.25) is 5.02 Å². The number of nitrogen functional groups attached to an aromatic ring is 1. The van der Waals surface area contributed by atoms with Crippen molar-refractivity contribution < 1.29 is 13.9 Å². The minimum Gasteiger partial charge on any atom is -0.466 e. The second-order valence-electron chi connectivity index (χ2n) is 5.70. The van der Waals surface area contributed by atoms with Gasteiger partial charge in [-0.1, -0.05) is 11.6 Å². The fraction of sp³-hybridized carbons (Fsp3) is 0.118. The van der Waals surface area contributed by atoms with E-state index in [1.54, 1.807) is 19.1 Å². The van der Waals surface area contributed by atoms with Crippen molar-refractivity contribution in [2.75, 3.05) is 17.7 Å². The molecule has 1 amide bonds. The molecule has 1 aliphatic heterocycles. The van der Waals surface area contributed by atoms with Gasteiger partial charge in [0.15, 0.2) is 6.61 Å². The molecule has 0 saturated heterocycles. The van der Waals surface area contributed by atoms with E-state index in [0.29, 0.717) is 39.3 Å². The first-order valence-electron chi connectivity index (χ1n) is 7.41. The lowest BCUT2D eigenvalue weighted by Gasteiger charge is -2.21. The summed E-state index contributed by atoms with van der Waals surface area (Å²) in [4.78, 5) is 19.7. The summed E-state index contributed by atoms with van der Waals surface area (Å²) in [5.74, 6) is -0.261. The Morgan fingerprint density at radius 2 is 2.08 bits per heavy atom. The van der Waals surface area contributed by atoms with Gasteiger partial charge in [-0.05, 0) is 30.0 Å². The van der Waals surface area contributed by atoms with E-state index in [4.69, 9.17) is 22.1 Å². The summed E-state index contributed by atoms with van der Waals surface area (Å²) in [5.41, 5.74) is 7.54. The maximum Gasteiger partial charge on any atom is 0.262 e. The topological polar surface area (TPSA) is 90.1 Å². The van der Waals surface area contributed by atoms with Crippen LogP contribution in [0.4, 0.5) is 15.9 Å². The molecule has 1 aliphatic rings. The largest absolute Gasteiger partial charge is 0.466 e. The molecule has 0 aliphatic carbocycles. The van der Waals surface area contributed by atoms with Gasteiger partial charge in [0.1, 0.15) is 17.3 Å². The maximum absolute atomic E-state index is 14.9. The monoisotopic (exact) mass is 358 g/mol. The first-order valence-corrected chi connectivity index (χ1v) is 7.79. The number of anilines is 2. The fourth-order valence-corrected chi connectivity index (χ4v) is 3.12. The van der Waals surface area contributed by atoms with Crippen LogP contribution in [0, 0.1) is 12.7 Å². The van der Waals surface area contributed by atoms with E-state index in [9.17, 15) is 9.18 Å². The Morgan fingerprint density at radius 1 is 1.28 bits per heavy atom. The average Bonchev–Trinajstić information content (AvgIpc) is 2.59. The number of carbonyl (C=O) groups excluding carboxylic acids is 1. The van der Waals surface area contributed by atoms with E-state index in [1.807, 2.05) is 0 Å². The molecule has 126 valence electrons. The number of halogens is 2. The third-order valence-electron chi connectivity index (χ3n) is 4.12. The number of hydrogen-bond acceptors (Lipinski definition) is 5. The Hall–Kier alpha value is -2.93. The van der Waals surface area contributed by atoms with Gasteiger partial charge in [-0.2, -0.15) is 0 Å². The number of amides is 1. The molecule has 3 heterocycles. The quantitative estimate of drug-likeness (QED) is 0.696. The van der Waals surface area contributed by atoms with E-state index < -0.39 is 5.82 Å². The number of hydrogen-bond donors (Lipinski definition) is 2. The van der Waals surface area contributed by atoms with Gasteiger partial charge < -0.3 is 15.8 Å². The summed E-state index contributed by atoms with van der Waals surface area (Å²) in [5, 5.41) is 3.79. The number of pyridine rings is 2. The molecule has 0 unspecified atom stereocenters. The SMILES string of the molecule is Cc1c(-c2cc3cc(N)ncc3c(Cl)c2F)cnc2c1NC(=O)CO2. The van der Waals surface area contributed by atoms with Gasteiger partial charge in [0.25, 0.3) is 5.91 Å². The number of nitrogens with zero attached hydrogens (tertiary/aromatic N) is 2. The number of nitrogens with one attached hydrogen (secondary N) is 1. The molecular formula is C17H12ClFN4O2. The summed E-state index contributed by atoms with van der Waals surface area (Å²) in [6.45, 7) is 1.66. The Balaban J connectivity index is 1.97. The van der Waals surface area contributed by atoms with Crippen molar-refractivity contribution in [1.29, 1.82) is 0 Å². The van der Waals surface area contributed by atoms with Gasteiger partial charge in [0.05, 0.1) is 5.02 Å². The first kappa shape index (κ1) is 15.6. The van der Waals surface area contributed by atoms with Crippen LogP contribution in [0.3, 0.4) is 0 Å². The molecule has 0 fully saturated rings. The van der Waals surface area contributed by atoms with Gasteiger partial charge in [-0.15, -0.1) is 0 Å². The highest BCUT2D eigenvalue weighted by molar-refractivity contribution is 6.36. The van der Waals surface area contributed by atoms with Crippen molar-refractivity contribution in [1.82, 2.24) is 9.97 Å². The lowest BCUT2D eigenvalue weighted by molar-refractivity contribution is -0.118. The summed E-state index contributed by atoms with van der Waals surface area (Å²) < 4.78 is 20.1. The van der Waals surface area contributed by atoms with Gasteiger partial charge in [0, 0.05) is 28.9 Å². The number of benzene rings is 1. The number of carbonyl (C=O) groups is 1. The van der Waals surface area contributed by atoms with Crippen LogP contribution in [-0.2, 0) is 4.79 Å². The number of nitrogens with two attached hydrogens (primary N) is 1. The molecule has 1 aromatic carbocycles. The average molecular weight is 359 g/mol. The predicted octanol–water partition coefficient (Wildman–Crippen LogP) is 3.31. The standard InChI is InChI=1S/C17H12ClFN4O2/c1-7-10(4-22-17-16(7)23-13(24)6-25-17)9-2-8-3-12(20)21-5-11(8)14(18)15(9)19/h2-5H,6H2,1H3,(H2,20,21)(H,23,24). The van der Waals surface area contributed by atoms with Crippen LogP contribution in [0.1, 0.15) is 5.56 Å². The van der Waals surface area contributed by atoms with E-state index in [0.717, 1.165) is 0 Å². The van der Waals surface area contributed by atoms with Gasteiger partial charge in [-0.3, -0.25) is 4.79 Å². The molecule has 0 atom stereocenters. The molecular weight excluding hydrogens is 347 g/mol. The highest BCUT2D eigenvalue weighted by Gasteiger charge is 2.23. The third-order valence-corrected chi connectivity index (χ3v) is 4.49. The van der Waals surface area contributed by atoms with Crippen LogP contribution in [0.15, 0.2) is 24.5 Å². The van der Waals surface area contributed by atoms with Crippen molar-refractivity contribution in [3.05, 3.63) is 40.9 Å². The Bertz CT molecular complexity index is 1050. The smallest absolute Gasteiger partial charge is 0.262 e. The zero-order chi connectivity index (χ0) is 17.7. The predicted molar refractivity (Wildman–Crippen MR) is 93.2 cm³/mol. The van der Waals surface area contributed by atoms with Gasteiger partial charge in [0.2, 0.25) is 5.88 Å². The molecule has 8 heteroatoms. The maximum atomic E-state index is 14.9. The Labute approximate surface area is 146 Å². The molecule has 0 saturated carbocycles. The minimum atomic E-state index is -0.589. The number of fused-ring (bicyclic) bond motifs is 2. The summed E-state index contributed by atoms with van der Waals surface area (Å²) in [6.07, 6.45) is 2.93. The fourth-order valence-electron chi connectivity index (χ4n) is 2.86. The van der Waals surface area contributed by atoms with E-state index in [-0.39, 0.29) is 23.1 Å². The molecule has 0 spiro atoms. The number of rotatable bonds is 1. The highest BCUT2D eigenvalue weighted by atomic mass is 35.5. The van der Waals surface area contributed by atoms with Crippen LogP contribution < -0.4 is 15.8 Å². The summed E-state index contributed by atoms with van der Waals surface area (Å²) in [6, 6.07) is 3.26. The zero-order valence-electron chi connectivity index (χ0n) is 13.1. The molecule has 2 aromatic heterocycles. The molecule has 3 N–H and O–H groups in total. The molecule has 4 rings (SSSR count). The summed E-state index contributed by atoms with van der Waals surface area (Å²) >= 11 is 6.18. The lowest BCUT2D eigenvalue weighted by Crippen LogP contribution is -2.26. The van der Waals surface area contributed by atoms with Crippen molar-refractivity contribution >= 4 is 39.8 Å². The normalized spacial score (nSPS) is 13.3. The molecule has 0 bridgehead atoms. The van der Waals surface area contributed by atoms with Crippen LogP contribution in [0.5, 0.6) is 5.88 Å². The van der Waals surface area contributed by atoms with E-state index in [1.165, 1.54) is 12.4 Å². The number of ether oxygens (including phenoxy) is 1. The van der Waals surface area contributed by atoms with E-state index >= 15 is 0 Å². The van der Waals surface area contributed by atoms with Gasteiger partial charge >= 0.3 is 0 Å². The minimum absolute atomic E-state index is 0.0441. The van der Waals surface area contributed by atoms with Crippen molar-refractivity contribution in [3.63, 3.8) is 0 Å². The Kier molecular flexibility index (Phi) is 3.47. The molecule has 3 aromatic rings. The molecule has 25 heavy (non-hydrogen) atoms. The first-order chi connectivity index (χ1) is 12.0. The van der Waals surface area contributed by atoms with Crippen LogP contribution in [-0.4, -0.2) is 22.5 Å². The third kappa shape index (κ3) is 2.44. The van der Waals surface area contributed by atoms with Gasteiger partial charge in [-0.25, -0.2) is 14.4 Å². The van der Waals surface area contributed by atoms with Crippen molar-refractivity contribution in [2.45, 2.75) is 6.92 Å². The van der Waals surface area contributed by atoms with Crippen molar-refractivity contribution in [2.24, 2.45) is 0 Å². The second kappa shape index (κ2) is 5.56. The second-order valence-corrected chi connectivity index (χ2v) is 6.07. The highest BCUT2D eigenvalue weighted by Crippen LogP contribution is 2.40.